The standard InChI is InChI=1S/C12H13N5O2/c1-12(2,3)19-11(18)17-10-5-4-9(15-16-13)6-8(10)7-14-17/h4-7H,1-3H3. The summed E-state index contributed by atoms with van der Waals surface area (Å²) in [6, 6.07) is 4.93. The minimum atomic E-state index is -0.583. The first-order valence-electron chi connectivity index (χ1n) is 5.67. The van der Waals surface area contributed by atoms with Gasteiger partial charge in [0.2, 0.25) is 0 Å². The lowest BCUT2D eigenvalue weighted by Crippen LogP contribution is -2.27. The maximum atomic E-state index is 11.9. The van der Waals surface area contributed by atoms with E-state index in [9.17, 15) is 4.79 Å². The third-order valence-corrected chi connectivity index (χ3v) is 2.28. The average Bonchev–Trinajstić information content (AvgIpc) is 2.70. The van der Waals surface area contributed by atoms with Crippen LogP contribution in [0.1, 0.15) is 20.8 Å². The van der Waals surface area contributed by atoms with Crippen molar-refractivity contribution in [3.05, 3.63) is 34.8 Å². The molecule has 0 aliphatic carbocycles. The maximum Gasteiger partial charge on any atom is 0.435 e. The van der Waals surface area contributed by atoms with Crippen molar-refractivity contribution in [3.8, 4) is 0 Å². The number of azide groups is 1. The van der Waals surface area contributed by atoms with Crippen molar-refractivity contribution in [2.75, 3.05) is 0 Å². The smallest absolute Gasteiger partial charge is 0.435 e. The molecule has 0 bridgehead atoms. The lowest BCUT2D eigenvalue weighted by atomic mass is 10.2. The first kappa shape index (κ1) is 12.9. The van der Waals surface area contributed by atoms with Gasteiger partial charge in [-0.15, -0.1) is 0 Å². The normalized spacial score (nSPS) is 11.1. The monoisotopic (exact) mass is 259 g/mol. The van der Waals surface area contributed by atoms with E-state index in [2.05, 4.69) is 15.1 Å². The summed E-state index contributed by atoms with van der Waals surface area (Å²) < 4.78 is 6.43. The fourth-order valence-corrected chi connectivity index (χ4v) is 1.58. The summed E-state index contributed by atoms with van der Waals surface area (Å²) in [6.07, 6.45) is 0.981. The van der Waals surface area contributed by atoms with Gasteiger partial charge in [0.1, 0.15) is 5.60 Å². The Morgan fingerprint density at radius 2 is 2.21 bits per heavy atom. The number of rotatable bonds is 1. The second-order valence-electron chi connectivity index (χ2n) is 4.97. The van der Waals surface area contributed by atoms with Gasteiger partial charge in [0, 0.05) is 16.0 Å². The van der Waals surface area contributed by atoms with Crippen LogP contribution in [0.2, 0.25) is 0 Å². The number of aromatic nitrogens is 2. The van der Waals surface area contributed by atoms with Crippen LogP contribution >= 0.6 is 0 Å². The van der Waals surface area contributed by atoms with Gasteiger partial charge in [-0.2, -0.15) is 9.78 Å². The molecule has 1 heterocycles. The summed E-state index contributed by atoms with van der Waals surface area (Å²) in [7, 11) is 0. The molecule has 98 valence electrons. The highest BCUT2D eigenvalue weighted by molar-refractivity contribution is 5.89. The first-order valence-corrected chi connectivity index (χ1v) is 5.67. The van der Waals surface area contributed by atoms with Gasteiger partial charge >= 0.3 is 6.09 Å². The van der Waals surface area contributed by atoms with Crippen molar-refractivity contribution in [3.63, 3.8) is 0 Å². The van der Waals surface area contributed by atoms with E-state index in [0.29, 0.717) is 16.6 Å². The Kier molecular flexibility index (Phi) is 3.14. The molecule has 0 amide bonds. The van der Waals surface area contributed by atoms with Crippen molar-refractivity contribution in [2.45, 2.75) is 26.4 Å². The Hall–Kier alpha value is -2.53. The highest BCUT2D eigenvalue weighted by Gasteiger charge is 2.19. The molecular formula is C12H13N5O2. The molecule has 0 fully saturated rings. The summed E-state index contributed by atoms with van der Waals surface area (Å²) in [4.78, 5) is 14.7. The van der Waals surface area contributed by atoms with Gasteiger partial charge in [0.05, 0.1) is 11.7 Å². The zero-order valence-electron chi connectivity index (χ0n) is 10.9. The van der Waals surface area contributed by atoms with Crippen LogP contribution in [0.15, 0.2) is 29.5 Å². The Morgan fingerprint density at radius 3 is 2.84 bits per heavy atom. The fraction of sp³-hybridized carbons (Fsp3) is 0.333. The molecule has 0 radical (unpaired) electrons. The first-order chi connectivity index (χ1) is 8.90. The van der Waals surface area contributed by atoms with Gasteiger partial charge in [-0.3, -0.25) is 0 Å². The Bertz CT molecular complexity index is 677. The second-order valence-corrected chi connectivity index (χ2v) is 4.97. The molecule has 7 heteroatoms. The molecule has 0 saturated heterocycles. The molecule has 7 nitrogen and oxygen atoms in total. The molecule has 19 heavy (non-hydrogen) atoms. The minimum Gasteiger partial charge on any atom is -0.442 e. The summed E-state index contributed by atoms with van der Waals surface area (Å²) in [5.41, 5.74) is 8.87. The largest absolute Gasteiger partial charge is 0.442 e. The third kappa shape index (κ3) is 2.83. The van der Waals surface area contributed by atoms with Gasteiger partial charge in [0.25, 0.3) is 0 Å². The molecule has 0 unspecified atom stereocenters. The maximum absolute atomic E-state index is 11.9. The summed E-state index contributed by atoms with van der Waals surface area (Å²) in [6.45, 7) is 5.36. The van der Waals surface area contributed by atoms with Crippen molar-refractivity contribution in [1.29, 1.82) is 0 Å². The Labute approximate surface area is 109 Å². The molecule has 0 spiro atoms. The molecule has 0 N–H and O–H groups in total. The van der Waals surface area contributed by atoms with Gasteiger partial charge in [0.15, 0.2) is 0 Å². The van der Waals surface area contributed by atoms with E-state index < -0.39 is 11.7 Å². The minimum absolute atomic E-state index is 0.471. The number of ether oxygens (including phenoxy) is 1. The predicted octanol–water partition coefficient (Wildman–Crippen LogP) is 3.76. The second kappa shape index (κ2) is 4.62. The quantitative estimate of drug-likeness (QED) is 0.443. The molecule has 0 saturated carbocycles. The summed E-state index contributed by atoms with van der Waals surface area (Å²) in [5.74, 6) is 0. The highest BCUT2D eigenvalue weighted by Crippen LogP contribution is 2.22. The van der Waals surface area contributed by atoms with Gasteiger partial charge in [-0.05, 0) is 38.4 Å². The zero-order chi connectivity index (χ0) is 14.0. The molecule has 0 aliphatic rings. The van der Waals surface area contributed by atoms with Crippen molar-refractivity contribution in [1.82, 2.24) is 9.78 Å². The molecule has 1 aromatic carbocycles. The van der Waals surface area contributed by atoms with E-state index in [1.165, 1.54) is 10.9 Å². The number of fused-ring (bicyclic) bond motifs is 1. The van der Waals surface area contributed by atoms with Crippen LogP contribution < -0.4 is 0 Å². The van der Waals surface area contributed by atoms with Crippen molar-refractivity contribution in [2.24, 2.45) is 5.11 Å². The van der Waals surface area contributed by atoms with Crippen LogP contribution in [0.4, 0.5) is 10.5 Å². The third-order valence-electron chi connectivity index (χ3n) is 2.28. The molecular weight excluding hydrogens is 246 g/mol. The van der Waals surface area contributed by atoms with Crippen molar-refractivity contribution < 1.29 is 9.53 Å². The van der Waals surface area contributed by atoms with Crippen LogP contribution in [0.5, 0.6) is 0 Å². The molecule has 2 aromatic rings. The average molecular weight is 259 g/mol. The van der Waals surface area contributed by atoms with Crippen LogP contribution in [0, 0.1) is 0 Å². The van der Waals surface area contributed by atoms with Crippen LogP contribution in [-0.2, 0) is 4.74 Å². The lowest BCUT2D eigenvalue weighted by Gasteiger charge is -2.19. The number of benzene rings is 1. The van der Waals surface area contributed by atoms with E-state index in [1.807, 2.05) is 0 Å². The zero-order valence-corrected chi connectivity index (χ0v) is 10.9. The Balaban J connectivity index is 2.41. The van der Waals surface area contributed by atoms with Crippen LogP contribution in [-0.4, -0.2) is 21.5 Å². The highest BCUT2D eigenvalue weighted by atomic mass is 16.6. The number of carbonyl (C=O) groups is 1. The van der Waals surface area contributed by atoms with Crippen LogP contribution in [0.25, 0.3) is 21.3 Å². The fourth-order valence-electron chi connectivity index (χ4n) is 1.58. The van der Waals surface area contributed by atoms with Crippen molar-refractivity contribution >= 4 is 22.7 Å². The predicted molar refractivity (Wildman–Crippen MR) is 70.2 cm³/mol. The number of carbonyl (C=O) groups excluding carboxylic acids is 1. The topological polar surface area (TPSA) is 92.9 Å². The number of hydrogen-bond donors (Lipinski definition) is 0. The van der Waals surface area contributed by atoms with E-state index in [4.69, 9.17) is 10.3 Å². The van der Waals surface area contributed by atoms with Gasteiger partial charge in [-0.25, -0.2) is 4.79 Å². The number of hydrogen-bond acceptors (Lipinski definition) is 4. The molecule has 2 rings (SSSR count). The number of nitrogens with zero attached hydrogens (tertiary/aromatic N) is 5. The summed E-state index contributed by atoms with van der Waals surface area (Å²) in [5, 5.41) is 8.19. The lowest BCUT2D eigenvalue weighted by molar-refractivity contribution is 0.0523. The van der Waals surface area contributed by atoms with E-state index in [1.54, 1.807) is 39.0 Å². The van der Waals surface area contributed by atoms with Crippen LogP contribution in [0.3, 0.4) is 0 Å². The van der Waals surface area contributed by atoms with E-state index >= 15 is 0 Å². The molecule has 0 atom stereocenters. The van der Waals surface area contributed by atoms with Gasteiger partial charge < -0.3 is 4.74 Å². The van der Waals surface area contributed by atoms with Gasteiger partial charge in [-0.1, -0.05) is 11.2 Å². The molecule has 1 aromatic heterocycles. The SMILES string of the molecule is CC(C)(C)OC(=O)n1ncc2cc(N=[N+]=[N-])ccc21. The molecule has 0 aliphatic heterocycles. The Morgan fingerprint density at radius 1 is 1.47 bits per heavy atom. The summed E-state index contributed by atoms with van der Waals surface area (Å²) >= 11 is 0. The van der Waals surface area contributed by atoms with E-state index in [-0.39, 0.29) is 0 Å². The van der Waals surface area contributed by atoms with E-state index in [0.717, 1.165) is 0 Å².